The maximum atomic E-state index is 13.5. The summed E-state index contributed by atoms with van der Waals surface area (Å²) in [4.78, 5) is 16.0. The van der Waals surface area contributed by atoms with Crippen molar-refractivity contribution < 1.29 is 18.0 Å². The molecule has 1 aromatic heterocycles. The molecule has 1 amide bonds. The molecule has 0 saturated carbocycles. The number of nitrogens with zero attached hydrogens (tertiary/aromatic N) is 2. The third-order valence-corrected chi connectivity index (χ3v) is 4.17. The Kier molecular flexibility index (Phi) is 5.92. The fraction of sp³-hybridized carbons (Fsp3) is 0.0556. The van der Waals surface area contributed by atoms with Gasteiger partial charge in [-0.1, -0.05) is 30.0 Å². The number of aromatic amines is 1. The van der Waals surface area contributed by atoms with E-state index >= 15 is 0 Å². The lowest BCUT2D eigenvalue weighted by molar-refractivity contribution is -0.113. The van der Waals surface area contributed by atoms with Crippen LogP contribution < -0.4 is 5.32 Å². The molecule has 2 N–H and O–H groups in total. The van der Waals surface area contributed by atoms with Crippen LogP contribution in [0.1, 0.15) is 11.4 Å². The van der Waals surface area contributed by atoms with Crippen LogP contribution in [0.15, 0.2) is 47.6 Å². The van der Waals surface area contributed by atoms with Crippen LogP contribution in [0.5, 0.6) is 0 Å². The van der Waals surface area contributed by atoms with Gasteiger partial charge >= 0.3 is 0 Å². The summed E-state index contributed by atoms with van der Waals surface area (Å²) in [5, 5.41) is 9.27. The average molecular weight is 390 g/mol. The topological polar surface area (TPSA) is 70.7 Å². The summed E-state index contributed by atoms with van der Waals surface area (Å²) in [6.07, 6.45) is 3.39. The summed E-state index contributed by atoms with van der Waals surface area (Å²) < 4.78 is 39.4. The smallest absolute Gasteiger partial charge is 0.234 e. The highest BCUT2D eigenvalue weighted by Gasteiger charge is 2.10. The summed E-state index contributed by atoms with van der Waals surface area (Å²) >= 11 is 1.04. The van der Waals surface area contributed by atoms with Gasteiger partial charge in [-0.2, -0.15) is 0 Å². The minimum atomic E-state index is -0.721. The normalized spacial score (nSPS) is 11.1. The van der Waals surface area contributed by atoms with Gasteiger partial charge in [-0.15, -0.1) is 5.10 Å². The highest BCUT2D eigenvalue weighted by Crippen LogP contribution is 2.17. The molecule has 0 atom stereocenters. The van der Waals surface area contributed by atoms with E-state index in [0.29, 0.717) is 11.0 Å². The first kappa shape index (κ1) is 18.7. The molecule has 0 fully saturated rings. The van der Waals surface area contributed by atoms with Crippen molar-refractivity contribution in [2.24, 2.45) is 0 Å². The molecular weight excluding hydrogens is 377 g/mol. The van der Waals surface area contributed by atoms with Gasteiger partial charge in [-0.05, 0) is 35.9 Å². The van der Waals surface area contributed by atoms with Gasteiger partial charge in [-0.3, -0.25) is 9.89 Å². The van der Waals surface area contributed by atoms with E-state index < -0.39 is 17.5 Å². The van der Waals surface area contributed by atoms with Crippen molar-refractivity contribution in [2.75, 3.05) is 11.1 Å². The summed E-state index contributed by atoms with van der Waals surface area (Å²) in [7, 11) is 0. The van der Waals surface area contributed by atoms with Crippen LogP contribution in [-0.2, 0) is 4.79 Å². The van der Waals surface area contributed by atoms with Crippen LogP contribution in [0.2, 0.25) is 0 Å². The van der Waals surface area contributed by atoms with Crippen molar-refractivity contribution >= 4 is 35.5 Å². The molecule has 5 nitrogen and oxygen atoms in total. The Bertz CT molecular complexity index is 973. The summed E-state index contributed by atoms with van der Waals surface area (Å²) in [6, 6.07) is 8.74. The monoisotopic (exact) mass is 390 g/mol. The Balaban J connectivity index is 1.54. The molecule has 9 heteroatoms. The molecule has 27 heavy (non-hydrogen) atoms. The van der Waals surface area contributed by atoms with Gasteiger partial charge in [-0.25, -0.2) is 18.2 Å². The van der Waals surface area contributed by atoms with Gasteiger partial charge in [0.15, 0.2) is 0 Å². The first-order valence-corrected chi connectivity index (χ1v) is 8.72. The number of amides is 1. The summed E-state index contributed by atoms with van der Waals surface area (Å²) in [5.41, 5.74) is 0.567. The number of carbonyl (C=O) groups excluding carboxylic acids is 1. The van der Waals surface area contributed by atoms with Gasteiger partial charge in [0.25, 0.3) is 0 Å². The standard InChI is InChI=1S/C18H13F3N4OS/c19-12-4-1-11(2-5-12)3-8-16-23-18(25-24-16)27-10-17(26)22-15-9-13(20)6-7-14(15)21/h1-9H,10H2,(H,22,26)(H,23,24,25)/b8-3+. The van der Waals surface area contributed by atoms with Crippen molar-refractivity contribution in [3.05, 3.63) is 71.3 Å². The zero-order valence-corrected chi connectivity index (χ0v) is 14.6. The molecule has 0 spiro atoms. The largest absolute Gasteiger partial charge is 0.323 e. The lowest BCUT2D eigenvalue weighted by atomic mass is 10.2. The molecular formula is C18H13F3N4OS. The number of hydrogen-bond acceptors (Lipinski definition) is 4. The third kappa shape index (κ3) is 5.45. The molecule has 1 heterocycles. The molecule has 0 bridgehead atoms. The molecule has 0 radical (unpaired) electrons. The summed E-state index contributed by atoms with van der Waals surface area (Å²) in [5.74, 6) is -1.82. The van der Waals surface area contributed by atoms with Gasteiger partial charge in [0, 0.05) is 6.07 Å². The van der Waals surface area contributed by atoms with Gasteiger partial charge in [0.2, 0.25) is 11.1 Å². The first-order chi connectivity index (χ1) is 13.0. The molecule has 0 saturated heterocycles. The van der Waals surface area contributed by atoms with E-state index in [4.69, 9.17) is 0 Å². The predicted octanol–water partition coefficient (Wildman–Crippen LogP) is 4.12. The second-order valence-electron chi connectivity index (χ2n) is 5.35. The second-order valence-corrected chi connectivity index (χ2v) is 6.29. The highest BCUT2D eigenvalue weighted by atomic mass is 32.2. The number of benzene rings is 2. The number of carbonyl (C=O) groups is 1. The van der Waals surface area contributed by atoms with E-state index in [-0.39, 0.29) is 17.3 Å². The molecule has 138 valence electrons. The zero-order chi connectivity index (χ0) is 19.2. The fourth-order valence-electron chi connectivity index (χ4n) is 2.06. The van der Waals surface area contributed by atoms with E-state index in [1.54, 1.807) is 24.3 Å². The van der Waals surface area contributed by atoms with Crippen LogP contribution in [-0.4, -0.2) is 26.8 Å². The molecule has 0 aliphatic rings. The van der Waals surface area contributed by atoms with E-state index in [0.717, 1.165) is 35.5 Å². The maximum Gasteiger partial charge on any atom is 0.234 e. The molecule has 0 unspecified atom stereocenters. The third-order valence-electron chi connectivity index (χ3n) is 3.32. The molecule has 3 rings (SSSR count). The van der Waals surface area contributed by atoms with Crippen molar-refractivity contribution in [1.29, 1.82) is 0 Å². The van der Waals surface area contributed by atoms with Crippen LogP contribution in [0.25, 0.3) is 12.2 Å². The first-order valence-electron chi connectivity index (χ1n) is 7.73. The summed E-state index contributed by atoms with van der Waals surface area (Å²) in [6.45, 7) is 0. The van der Waals surface area contributed by atoms with Crippen LogP contribution in [0.3, 0.4) is 0 Å². The quantitative estimate of drug-likeness (QED) is 0.621. The SMILES string of the molecule is O=C(CSc1n[nH]c(/C=C/c2ccc(F)cc2)n1)Nc1cc(F)ccc1F. The number of H-pyrrole nitrogens is 1. The van der Waals surface area contributed by atoms with E-state index in [9.17, 15) is 18.0 Å². The van der Waals surface area contributed by atoms with Gasteiger partial charge in [0.05, 0.1) is 11.4 Å². The Morgan fingerprint density at radius 2 is 1.81 bits per heavy atom. The van der Waals surface area contributed by atoms with Crippen molar-refractivity contribution in [1.82, 2.24) is 15.2 Å². The number of rotatable bonds is 6. The number of hydrogen-bond donors (Lipinski definition) is 2. The molecule has 3 aromatic rings. The van der Waals surface area contributed by atoms with Crippen molar-refractivity contribution in [3.63, 3.8) is 0 Å². The van der Waals surface area contributed by atoms with E-state index in [1.165, 1.54) is 12.1 Å². The lowest BCUT2D eigenvalue weighted by Gasteiger charge is -2.05. The van der Waals surface area contributed by atoms with Crippen LogP contribution in [0.4, 0.5) is 18.9 Å². The van der Waals surface area contributed by atoms with E-state index in [1.807, 2.05) is 0 Å². The number of halogens is 3. The Morgan fingerprint density at radius 1 is 1.07 bits per heavy atom. The average Bonchev–Trinajstić information content (AvgIpc) is 3.10. The molecule has 0 aliphatic carbocycles. The Hall–Kier alpha value is -3.07. The highest BCUT2D eigenvalue weighted by molar-refractivity contribution is 7.99. The predicted molar refractivity (Wildman–Crippen MR) is 97.4 cm³/mol. The van der Waals surface area contributed by atoms with E-state index in [2.05, 4.69) is 20.5 Å². The number of aromatic nitrogens is 3. The lowest BCUT2D eigenvalue weighted by Crippen LogP contribution is -2.15. The fourth-order valence-corrected chi connectivity index (χ4v) is 2.66. The Morgan fingerprint density at radius 3 is 2.59 bits per heavy atom. The number of thioether (sulfide) groups is 1. The Labute approximate surface area is 156 Å². The minimum Gasteiger partial charge on any atom is -0.323 e. The minimum absolute atomic E-state index is 0.0745. The number of anilines is 1. The van der Waals surface area contributed by atoms with Crippen LogP contribution >= 0.6 is 11.8 Å². The zero-order valence-electron chi connectivity index (χ0n) is 13.7. The van der Waals surface area contributed by atoms with Gasteiger partial charge in [0.1, 0.15) is 23.3 Å². The second kappa shape index (κ2) is 8.54. The van der Waals surface area contributed by atoms with Gasteiger partial charge < -0.3 is 5.32 Å². The van der Waals surface area contributed by atoms with Crippen molar-refractivity contribution in [2.45, 2.75) is 5.16 Å². The molecule has 2 aromatic carbocycles. The van der Waals surface area contributed by atoms with Crippen LogP contribution in [0, 0.1) is 17.5 Å². The maximum absolute atomic E-state index is 13.5. The van der Waals surface area contributed by atoms with Crippen molar-refractivity contribution in [3.8, 4) is 0 Å². The molecule has 0 aliphatic heterocycles. The number of nitrogens with one attached hydrogen (secondary N) is 2.